The van der Waals surface area contributed by atoms with Gasteiger partial charge >= 0.3 is 11.9 Å². The molecule has 1 fully saturated rings. The monoisotopic (exact) mass is 638 g/mol. The molecule has 2 heterocycles. The van der Waals surface area contributed by atoms with Gasteiger partial charge in [-0.25, -0.2) is 14.6 Å². The number of carbonyl (C=O) groups is 4. The number of nitrogens with two attached hydrogens (primary N) is 2. The number of carboxylic acid groups (broad SMARTS) is 2. The van der Waals surface area contributed by atoms with Crippen molar-refractivity contribution in [1.82, 2.24) is 15.2 Å². The van der Waals surface area contributed by atoms with Gasteiger partial charge in [-0.2, -0.15) is 4.99 Å². The molecular formula is C26H35ClN8O7S. The molecule has 15 nitrogen and oxygen atoms in total. The third kappa shape index (κ3) is 16.9. The van der Waals surface area contributed by atoms with Crippen LogP contribution in [0, 0.1) is 5.41 Å². The highest BCUT2D eigenvalue weighted by atomic mass is 35.5. The Kier molecular flexibility index (Phi) is 17.9. The van der Waals surface area contributed by atoms with Crippen molar-refractivity contribution < 1.29 is 34.1 Å². The number of thioether (sulfide) groups is 1. The van der Waals surface area contributed by atoms with Crippen LogP contribution in [0.3, 0.4) is 0 Å². The van der Waals surface area contributed by atoms with E-state index in [4.69, 9.17) is 31.8 Å². The van der Waals surface area contributed by atoms with Crippen molar-refractivity contribution in [3.63, 3.8) is 0 Å². The first kappa shape index (κ1) is 38.2. The van der Waals surface area contributed by atoms with E-state index in [0.29, 0.717) is 25.2 Å². The molecule has 1 aromatic carbocycles. The number of nitrogens with zero attached hydrogens (tertiary/aromatic N) is 4. The number of pyridine rings is 1. The number of guanidine groups is 2. The lowest BCUT2D eigenvalue weighted by Gasteiger charge is -2.18. The molecule has 1 aliphatic rings. The number of rotatable bonds is 9. The summed E-state index contributed by atoms with van der Waals surface area (Å²) in [5.74, 6) is -1.09. The second-order valence-electron chi connectivity index (χ2n) is 8.45. The zero-order chi connectivity index (χ0) is 31.7. The van der Waals surface area contributed by atoms with Gasteiger partial charge in [-0.05, 0) is 36.2 Å². The van der Waals surface area contributed by atoms with Crippen LogP contribution in [0.15, 0.2) is 65.8 Å². The highest BCUT2D eigenvalue weighted by Crippen LogP contribution is 2.23. The van der Waals surface area contributed by atoms with Crippen LogP contribution in [-0.2, 0) is 20.8 Å². The molecule has 1 unspecified atom stereocenters. The van der Waals surface area contributed by atoms with Crippen LogP contribution in [0.25, 0.3) is 0 Å². The fraction of sp³-hybridized carbons (Fsp3) is 0.269. The summed E-state index contributed by atoms with van der Waals surface area (Å²) in [6.07, 6.45) is 3.41. The van der Waals surface area contributed by atoms with E-state index >= 15 is 0 Å². The zero-order valence-electron chi connectivity index (χ0n) is 23.7. The molecule has 1 aromatic heterocycles. The Labute approximate surface area is 258 Å². The first-order valence-electron chi connectivity index (χ1n) is 12.1. The molecule has 0 saturated carbocycles. The molecule has 234 valence electrons. The van der Waals surface area contributed by atoms with Crippen LogP contribution in [0.5, 0.6) is 5.75 Å². The van der Waals surface area contributed by atoms with Gasteiger partial charge in [0.15, 0.2) is 5.96 Å². The topological polar surface area (TPSA) is 238 Å². The largest absolute Gasteiger partial charge is 0.492 e. The first-order chi connectivity index (χ1) is 19.8. The lowest BCUT2D eigenvalue weighted by atomic mass is 10.1. The Balaban J connectivity index is 0.000000813. The normalized spacial score (nSPS) is 13.1. The highest BCUT2D eigenvalue weighted by molar-refractivity contribution is 8.15. The molecule has 0 spiro atoms. The number of aliphatic imine (C=N–C) groups is 1. The number of hydrogen-bond acceptors (Lipinski definition) is 9. The SMILES string of the molecule is CN(C)C(=N)N=C(N)N.CN(CCOc1ccc(CC2SC(=O)NC2=O)cc1)c1ccccn1.Cl.O=C(O)/C=C/C(=O)O. The third-order valence-electron chi connectivity index (χ3n) is 4.87. The van der Waals surface area contributed by atoms with Crippen molar-refractivity contribution in [2.24, 2.45) is 16.5 Å². The quantitative estimate of drug-likeness (QED) is 0.129. The van der Waals surface area contributed by atoms with Gasteiger partial charge in [-0.15, -0.1) is 12.4 Å². The van der Waals surface area contributed by atoms with Crippen LogP contribution < -0.4 is 26.4 Å². The predicted molar refractivity (Wildman–Crippen MR) is 167 cm³/mol. The fourth-order valence-electron chi connectivity index (χ4n) is 2.82. The molecule has 8 N–H and O–H groups in total. The van der Waals surface area contributed by atoms with Gasteiger partial charge in [-0.1, -0.05) is 30.0 Å². The summed E-state index contributed by atoms with van der Waals surface area (Å²) in [4.78, 5) is 53.2. The number of aromatic nitrogens is 1. The van der Waals surface area contributed by atoms with E-state index in [2.05, 4.69) is 15.3 Å². The molecule has 1 saturated heterocycles. The Morgan fingerprint density at radius 2 is 1.70 bits per heavy atom. The number of ether oxygens (including phenoxy) is 1. The summed E-state index contributed by atoms with van der Waals surface area (Å²) in [6, 6.07) is 13.4. The molecule has 1 atom stereocenters. The van der Waals surface area contributed by atoms with Crippen molar-refractivity contribution in [1.29, 1.82) is 5.41 Å². The van der Waals surface area contributed by atoms with Crippen LogP contribution in [0.2, 0.25) is 0 Å². The van der Waals surface area contributed by atoms with Gasteiger partial charge in [0, 0.05) is 39.5 Å². The van der Waals surface area contributed by atoms with E-state index in [0.717, 1.165) is 35.4 Å². The average Bonchev–Trinajstić information content (AvgIpc) is 3.25. The summed E-state index contributed by atoms with van der Waals surface area (Å²) in [7, 11) is 5.35. The lowest BCUT2D eigenvalue weighted by Crippen LogP contribution is -2.28. The number of aliphatic carboxylic acids is 2. The summed E-state index contributed by atoms with van der Waals surface area (Å²) in [5.41, 5.74) is 11.0. The number of anilines is 1. The molecular weight excluding hydrogens is 604 g/mol. The number of amides is 2. The van der Waals surface area contributed by atoms with E-state index < -0.39 is 11.9 Å². The van der Waals surface area contributed by atoms with Gasteiger partial charge in [0.25, 0.3) is 5.24 Å². The molecule has 0 aliphatic carbocycles. The smallest absolute Gasteiger partial charge is 0.328 e. The summed E-state index contributed by atoms with van der Waals surface area (Å²) >= 11 is 1.05. The first-order valence-corrected chi connectivity index (χ1v) is 13.0. The van der Waals surface area contributed by atoms with Gasteiger partial charge in [0.05, 0.1) is 11.8 Å². The van der Waals surface area contributed by atoms with Crippen LogP contribution in [0.1, 0.15) is 5.56 Å². The van der Waals surface area contributed by atoms with Gasteiger partial charge < -0.3 is 36.2 Å². The van der Waals surface area contributed by atoms with Gasteiger partial charge in [0.1, 0.15) is 18.2 Å². The number of imide groups is 1. The van der Waals surface area contributed by atoms with E-state index in [9.17, 15) is 19.2 Å². The number of carbonyl (C=O) groups excluding carboxylic acids is 2. The van der Waals surface area contributed by atoms with E-state index in [1.165, 1.54) is 4.90 Å². The maximum atomic E-state index is 11.6. The fourth-order valence-corrected chi connectivity index (χ4v) is 3.68. The summed E-state index contributed by atoms with van der Waals surface area (Å²) in [6.45, 7) is 1.27. The average molecular weight is 639 g/mol. The Hall–Kier alpha value is -4.83. The van der Waals surface area contributed by atoms with Crippen molar-refractivity contribution in [2.75, 3.05) is 39.2 Å². The molecule has 0 bridgehead atoms. The highest BCUT2D eigenvalue weighted by Gasteiger charge is 2.31. The lowest BCUT2D eigenvalue weighted by molar-refractivity contribution is -0.134. The van der Waals surface area contributed by atoms with E-state index in [1.807, 2.05) is 54.4 Å². The van der Waals surface area contributed by atoms with Crippen molar-refractivity contribution in [3.05, 3.63) is 66.4 Å². The number of carboxylic acids is 2. The molecule has 17 heteroatoms. The third-order valence-corrected chi connectivity index (χ3v) is 5.86. The van der Waals surface area contributed by atoms with Crippen LogP contribution in [0.4, 0.5) is 10.6 Å². The number of likely N-dealkylation sites (N-methyl/N-ethyl adjacent to an activating group) is 1. The molecule has 3 rings (SSSR count). The second kappa shape index (κ2) is 20.1. The van der Waals surface area contributed by atoms with Crippen molar-refractivity contribution in [2.45, 2.75) is 11.7 Å². The number of hydrogen-bond donors (Lipinski definition) is 6. The molecule has 2 amide bonds. The zero-order valence-corrected chi connectivity index (χ0v) is 25.3. The second-order valence-corrected chi connectivity index (χ2v) is 9.63. The van der Waals surface area contributed by atoms with Crippen LogP contribution in [-0.4, -0.2) is 94.6 Å². The minimum atomic E-state index is -1.26. The predicted octanol–water partition coefficient (Wildman–Crippen LogP) is 1.38. The summed E-state index contributed by atoms with van der Waals surface area (Å²) in [5, 5.41) is 24.4. The van der Waals surface area contributed by atoms with Crippen molar-refractivity contribution >= 4 is 65.0 Å². The van der Waals surface area contributed by atoms with Crippen molar-refractivity contribution in [3.8, 4) is 5.75 Å². The van der Waals surface area contributed by atoms with Gasteiger partial charge in [0.2, 0.25) is 11.9 Å². The maximum absolute atomic E-state index is 11.6. The molecule has 1 aliphatic heterocycles. The maximum Gasteiger partial charge on any atom is 0.328 e. The number of nitrogens with one attached hydrogen (secondary N) is 2. The summed E-state index contributed by atoms with van der Waals surface area (Å²) < 4.78 is 5.75. The molecule has 0 radical (unpaired) electrons. The number of halogens is 1. The Bertz CT molecular complexity index is 1260. The Morgan fingerprint density at radius 3 is 2.12 bits per heavy atom. The minimum absolute atomic E-state index is 0. The van der Waals surface area contributed by atoms with E-state index in [-0.39, 0.29) is 40.7 Å². The standard InChI is InChI=1S/C18H19N3O3S.C4H11N5.C4H4O4.ClH/c1-21(16-4-2-3-9-19-16)10-11-24-14-7-5-13(6-8-14)12-15-17(22)20-18(23)25-15;1-9(2)4(7)8-3(5)6;5-3(6)1-2-4(7)8;/h2-9,15H,10-12H2,1H3,(H,20,22,23);1-2H3,(H5,5,6,7,8);1-2H,(H,5,6)(H,7,8);1H/b;;2-1+;. The molecule has 2 aromatic rings. The van der Waals surface area contributed by atoms with E-state index in [1.54, 1.807) is 20.3 Å². The minimum Gasteiger partial charge on any atom is -0.492 e. The van der Waals surface area contributed by atoms with Crippen LogP contribution >= 0.6 is 24.2 Å². The molecule has 43 heavy (non-hydrogen) atoms. The number of benzene rings is 1. The Morgan fingerprint density at radius 1 is 1.09 bits per heavy atom. The van der Waals surface area contributed by atoms with Gasteiger partial charge in [-0.3, -0.25) is 20.3 Å².